The molecule has 0 saturated heterocycles. The van der Waals surface area contributed by atoms with E-state index in [4.69, 9.17) is 4.74 Å². The summed E-state index contributed by atoms with van der Waals surface area (Å²) < 4.78 is 29.7. The molecule has 86 valence electrons. The van der Waals surface area contributed by atoms with Crippen LogP contribution in [0, 0.1) is 0 Å². The number of ether oxygens (including phenoxy) is 1. The Balaban J connectivity index is 1.73. The number of hydrogen-bond acceptors (Lipinski definition) is 2. The van der Waals surface area contributed by atoms with E-state index >= 15 is 0 Å². The van der Waals surface area contributed by atoms with Gasteiger partial charge in [0.15, 0.2) is 0 Å². The summed E-state index contributed by atoms with van der Waals surface area (Å²) in [5, 5.41) is 2.10. The molecule has 1 saturated carbocycles. The van der Waals surface area contributed by atoms with E-state index in [1.165, 1.54) is 0 Å². The molecule has 16 heavy (non-hydrogen) atoms. The van der Waals surface area contributed by atoms with Crippen molar-refractivity contribution in [1.29, 1.82) is 0 Å². The molecule has 0 radical (unpaired) electrons. The molecule has 0 aromatic heterocycles. The van der Waals surface area contributed by atoms with Gasteiger partial charge in [-0.05, 0) is 5.56 Å². The second-order valence-electron chi connectivity index (χ2n) is 3.72. The van der Waals surface area contributed by atoms with Gasteiger partial charge in [0.25, 0.3) is 5.92 Å². The van der Waals surface area contributed by atoms with Gasteiger partial charge in [-0.2, -0.15) is 0 Å². The summed E-state index contributed by atoms with van der Waals surface area (Å²) in [6.45, 7) is 0.0883. The summed E-state index contributed by atoms with van der Waals surface area (Å²) in [6, 6.07) is 7.99. The Hall–Kier alpha value is -1.65. The van der Waals surface area contributed by atoms with Crippen LogP contribution < -0.4 is 5.32 Å². The summed E-state index contributed by atoms with van der Waals surface area (Å²) in [4.78, 5) is 11.1. The first-order chi connectivity index (χ1) is 7.58. The first-order valence-corrected chi connectivity index (χ1v) is 4.93. The SMILES string of the molecule is O=C(N[C@H]1CC1(F)F)OCc1ccccc1. The summed E-state index contributed by atoms with van der Waals surface area (Å²) in [5.74, 6) is -2.76. The van der Waals surface area contributed by atoms with E-state index < -0.39 is 18.1 Å². The zero-order valence-electron chi connectivity index (χ0n) is 8.45. The predicted octanol–water partition coefficient (Wildman–Crippen LogP) is 2.32. The molecule has 2 rings (SSSR count). The van der Waals surface area contributed by atoms with Gasteiger partial charge in [0.1, 0.15) is 12.6 Å². The van der Waals surface area contributed by atoms with Crippen LogP contribution in [-0.4, -0.2) is 18.1 Å². The van der Waals surface area contributed by atoms with E-state index in [1.807, 2.05) is 18.2 Å². The lowest BCUT2D eigenvalue weighted by molar-refractivity contribution is 0.0973. The Morgan fingerprint density at radius 2 is 2.06 bits per heavy atom. The van der Waals surface area contributed by atoms with Crippen molar-refractivity contribution < 1.29 is 18.3 Å². The van der Waals surface area contributed by atoms with Crippen molar-refractivity contribution >= 4 is 6.09 Å². The first kappa shape index (κ1) is 10.9. The fraction of sp³-hybridized carbons (Fsp3) is 0.364. The standard InChI is InChI=1S/C11H11F2NO2/c12-11(13)6-9(11)14-10(15)16-7-8-4-2-1-3-5-8/h1-5,9H,6-7H2,(H,14,15)/t9-/m0/s1. The quantitative estimate of drug-likeness (QED) is 0.860. The highest BCUT2D eigenvalue weighted by Crippen LogP contribution is 2.41. The monoisotopic (exact) mass is 227 g/mol. The van der Waals surface area contributed by atoms with Crippen LogP contribution in [0.3, 0.4) is 0 Å². The average molecular weight is 227 g/mol. The number of rotatable bonds is 3. The zero-order valence-corrected chi connectivity index (χ0v) is 8.45. The minimum Gasteiger partial charge on any atom is -0.445 e. The van der Waals surface area contributed by atoms with Crippen molar-refractivity contribution in [2.45, 2.75) is 25.0 Å². The van der Waals surface area contributed by atoms with Crippen molar-refractivity contribution in [3.8, 4) is 0 Å². The van der Waals surface area contributed by atoms with Crippen LogP contribution in [0.5, 0.6) is 0 Å². The van der Waals surface area contributed by atoms with Crippen LogP contribution in [0.2, 0.25) is 0 Å². The van der Waals surface area contributed by atoms with Gasteiger partial charge < -0.3 is 10.1 Å². The zero-order chi connectivity index (χ0) is 11.6. The topological polar surface area (TPSA) is 38.3 Å². The third kappa shape index (κ3) is 2.68. The number of benzene rings is 1. The predicted molar refractivity (Wildman–Crippen MR) is 53.1 cm³/mol. The highest BCUT2D eigenvalue weighted by molar-refractivity contribution is 5.68. The molecule has 0 bridgehead atoms. The van der Waals surface area contributed by atoms with Crippen molar-refractivity contribution in [1.82, 2.24) is 5.32 Å². The lowest BCUT2D eigenvalue weighted by Crippen LogP contribution is -2.29. The van der Waals surface area contributed by atoms with Gasteiger partial charge in [-0.15, -0.1) is 0 Å². The lowest BCUT2D eigenvalue weighted by Gasteiger charge is -2.06. The molecule has 0 aliphatic heterocycles. The van der Waals surface area contributed by atoms with E-state index in [2.05, 4.69) is 5.32 Å². The van der Waals surface area contributed by atoms with Crippen LogP contribution >= 0.6 is 0 Å². The number of nitrogens with one attached hydrogen (secondary N) is 1. The Morgan fingerprint density at radius 3 is 2.62 bits per heavy atom. The first-order valence-electron chi connectivity index (χ1n) is 4.93. The smallest absolute Gasteiger partial charge is 0.407 e. The maximum atomic E-state index is 12.4. The van der Waals surface area contributed by atoms with Crippen molar-refractivity contribution in [3.63, 3.8) is 0 Å². The minimum atomic E-state index is -2.76. The lowest BCUT2D eigenvalue weighted by atomic mass is 10.2. The molecule has 1 aromatic rings. The molecule has 0 spiro atoms. The average Bonchev–Trinajstić information content (AvgIpc) is 2.84. The number of alkyl halides is 2. The van der Waals surface area contributed by atoms with Crippen LogP contribution in [0.25, 0.3) is 0 Å². The maximum Gasteiger partial charge on any atom is 0.407 e. The molecule has 1 atom stereocenters. The molecule has 1 fully saturated rings. The van der Waals surface area contributed by atoms with Gasteiger partial charge in [-0.3, -0.25) is 0 Å². The second-order valence-corrected chi connectivity index (χ2v) is 3.72. The minimum absolute atomic E-state index is 0.0883. The molecular weight excluding hydrogens is 216 g/mol. The highest BCUT2D eigenvalue weighted by atomic mass is 19.3. The third-order valence-electron chi connectivity index (χ3n) is 2.33. The molecule has 3 nitrogen and oxygen atoms in total. The Morgan fingerprint density at radius 1 is 1.44 bits per heavy atom. The number of halogens is 2. The van der Waals surface area contributed by atoms with Gasteiger partial charge in [0.2, 0.25) is 0 Å². The maximum absolute atomic E-state index is 12.4. The fourth-order valence-corrected chi connectivity index (χ4v) is 1.28. The molecule has 1 aromatic carbocycles. The van der Waals surface area contributed by atoms with Crippen molar-refractivity contribution in [2.75, 3.05) is 0 Å². The summed E-state index contributed by atoms with van der Waals surface area (Å²) >= 11 is 0. The third-order valence-corrected chi connectivity index (χ3v) is 2.33. The van der Waals surface area contributed by atoms with Crippen LogP contribution in [0.1, 0.15) is 12.0 Å². The summed E-state index contributed by atoms with van der Waals surface area (Å²) in [6.07, 6.45) is -1.10. The van der Waals surface area contributed by atoms with Crippen molar-refractivity contribution in [3.05, 3.63) is 35.9 Å². The molecule has 5 heteroatoms. The normalized spacial score (nSPS) is 21.2. The van der Waals surface area contributed by atoms with E-state index in [1.54, 1.807) is 12.1 Å². The second kappa shape index (κ2) is 4.08. The van der Waals surface area contributed by atoms with Gasteiger partial charge in [0.05, 0.1) is 0 Å². The molecule has 0 heterocycles. The van der Waals surface area contributed by atoms with Crippen molar-refractivity contribution in [2.24, 2.45) is 0 Å². The summed E-state index contributed by atoms with van der Waals surface area (Å²) in [5.41, 5.74) is 0.820. The number of amides is 1. The Bertz CT molecular complexity index is 381. The van der Waals surface area contributed by atoms with Crippen LogP contribution in [-0.2, 0) is 11.3 Å². The molecule has 1 aliphatic rings. The Labute approximate surface area is 91.4 Å². The molecule has 0 unspecified atom stereocenters. The molecule has 1 N–H and O–H groups in total. The van der Waals surface area contributed by atoms with E-state index in [0.29, 0.717) is 0 Å². The number of carbonyl (C=O) groups is 1. The van der Waals surface area contributed by atoms with Gasteiger partial charge in [0, 0.05) is 6.42 Å². The van der Waals surface area contributed by atoms with E-state index in [-0.39, 0.29) is 13.0 Å². The molecule has 1 aliphatic carbocycles. The van der Waals surface area contributed by atoms with Gasteiger partial charge in [-0.1, -0.05) is 30.3 Å². The number of carbonyl (C=O) groups excluding carboxylic acids is 1. The van der Waals surface area contributed by atoms with E-state index in [9.17, 15) is 13.6 Å². The number of hydrogen-bond donors (Lipinski definition) is 1. The highest BCUT2D eigenvalue weighted by Gasteiger charge is 2.58. The Kier molecular flexibility index (Phi) is 2.77. The number of alkyl carbamates (subject to hydrolysis) is 1. The van der Waals surface area contributed by atoms with Crippen LogP contribution in [0.15, 0.2) is 30.3 Å². The molecular formula is C11H11F2NO2. The fourth-order valence-electron chi connectivity index (χ4n) is 1.28. The largest absolute Gasteiger partial charge is 0.445 e. The molecule has 1 amide bonds. The van der Waals surface area contributed by atoms with Gasteiger partial charge in [-0.25, -0.2) is 13.6 Å². The van der Waals surface area contributed by atoms with Crippen LogP contribution in [0.4, 0.5) is 13.6 Å². The van der Waals surface area contributed by atoms with E-state index in [0.717, 1.165) is 5.56 Å². The van der Waals surface area contributed by atoms with Gasteiger partial charge >= 0.3 is 6.09 Å². The summed E-state index contributed by atoms with van der Waals surface area (Å²) in [7, 11) is 0.